The molecule has 0 unspecified atom stereocenters. The van der Waals surface area contributed by atoms with E-state index in [-0.39, 0.29) is 11.9 Å². The second-order valence-corrected chi connectivity index (χ2v) is 9.99. The Kier molecular flexibility index (Phi) is 11.7. The van der Waals surface area contributed by atoms with Crippen LogP contribution in [0, 0.1) is 23.8 Å². The van der Waals surface area contributed by atoms with E-state index < -0.39 is 41.1 Å². The third kappa shape index (κ3) is 14.3. The largest absolute Gasteiger partial charge is 0.466 e. The first kappa shape index (κ1) is 33.1. The molecule has 1 aliphatic carbocycles. The van der Waals surface area contributed by atoms with Crippen molar-refractivity contribution in [1.82, 2.24) is 19.5 Å². The van der Waals surface area contributed by atoms with E-state index in [2.05, 4.69) is 20.9 Å². The Labute approximate surface area is 195 Å². The highest BCUT2D eigenvalue weighted by molar-refractivity contribution is 7.45. The van der Waals surface area contributed by atoms with Crippen LogP contribution in [0.15, 0.2) is 6.33 Å². The van der Waals surface area contributed by atoms with Crippen molar-refractivity contribution in [3.8, 4) is 12.3 Å². The third-order valence-electron chi connectivity index (χ3n) is 4.03. The van der Waals surface area contributed by atoms with Gasteiger partial charge in [-0.3, -0.25) is 0 Å². The number of aromatic nitrogens is 4. The lowest BCUT2D eigenvalue weighted by molar-refractivity contribution is 0.104. The van der Waals surface area contributed by atoms with E-state index in [4.69, 9.17) is 69.9 Å². The lowest BCUT2D eigenvalue weighted by atomic mass is 9.88. The quantitative estimate of drug-likeness (QED) is 0.101. The zero-order chi connectivity index (χ0) is 28.0. The van der Waals surface area contributed by atoms with E-state index in [0.29, 0.717) is 24.0 Å². The van der Waals surface area contributed by atoms with Crippen LogP contribution in [0.1, 0.15) is 25.8 Å². The maximum Gasteiger partial charge on any atom is 0.466 e. The molecule has 2 aromatic heterocycles. The molecule has 2 heterocycles. The van der Waals surface area contributed by atoms with Crippen molar-refractivity contribution in [1.29, 1.82) is 0 Å². The Hall–Kier alpha value is -1.87. The van der Waals surface area contributed by atoms with Crippen molar-refractivity contribution in [3.05, 3.63) is 12.4 Å². The highest BCUT2D eigenvalue weighted by Crippen LogP contribution is 2.44. The van der Waals surface area contributed by atoms with Gasteiger partial charge in [0.2, 0.25) is 0 Å². The SMILES string of the molecule is C#C[C@@]1(C)C[C@H](n2cnc3c(N)nc(F)nc32)C[C@H]1O.O=P(O)(O)O.O=P(O)(O)O.O=P(O)(O)O. The number of rotatable bonds is 1. The Bertz CT molecular complexity index is 1120. The molecule has 0 amide bonds. The van der Waals surface area contributed by atoms with Crippen molar-refractivity contribution in [3.63, 3.8) is 0 Å². The molecule has 0 aliphatic heterocycles. The van der Waals surface area contributed by atoms with Crippen molar-refractivity contribution in [2.24, 2.45) is 5.41 Å². The van der Waals surface area contributed by atoms with Crippen LogP contribution in [0.3, 0.4) is 0 Å². The molecule has 3 rings (SSSR count). The molecule has 0 saturated heterocycles. The van der Waals surface area contributed by atoms with Gasteiger partial charge in [-0.1, -0.05) is 5.92 Å². The van der Waals surface area contributed by atoms with E-state index in [1.807, 2.05) is 6.92 Å². The molecule has 0 aromatic carbocycles. The summed E-state index contributed by atoms with van der Waals surface area (Å²) in [4.78, 5) is 76.0. The van der Waals surface area contributed by atoms with Gasteiger partial charge in [0.1, 0.15) is 5.52 Å². The molecule has 1 aliphatic rings. The Morgan fingerprint density at radius 2 is 1.49 bits per heavy atom. The number of hydrogen-bond acceptors (Lipinski definition) is 8. The first-order chi connectivity index (χ1) is 15.4. The molecule has 2 aromatic rings. The summed E-state index contributed by atoms with van der Waals surface area (Å²) in [6.07, 6.45) is 6.57. The summed E-state index contributed by atoms with van der Waals surface area (Å²) in [6.45, 7) is 1.83. The summed E-state index contributed by atoms with van der Waals surface area (Å²) in [7, 11) is -13.9. The van der Waals surface area contributed by atoms with E-state index in [9.17, 15) is 9.50 Å². The average Bonchev–Trinajstić information content (AvgIpc) is 3.12. The summed E-state index contributed by atoms with van der Waals surface area (Å²) in [5.41, 5.74) is 5.71. The van der Waals surface area contributed by atoms with Crippen molar-refractivity contribution >= 4 is 40.4 Å². The zero-order valence-electron chi connectivity index (χ0n) is 17.5. The van der Waals surface area contributed by atoms with Gasteiger partial charge in [0.15, 0.2) is 11.5 Å². The van der Waals surface area contributed by atoms with Crippen molar-refractivity contribution in [2.75, 3.05) is 5.73 Å². The maximum absolute atomic E-state index is 13.3. The molecule has 3 atom stereocenters. The molecule has 200 valence electrons. The van der Waals surface area contributed by atoms with Gasteiger partial charge in [-0.05, 0) is 19.8 Å². The van der Waals surface area contributed by atoms with Crippen molar-refractivity contribution < 1.29 is 67.2 Å². The minimum Gasteiger partial charge on any atom is -0.391 e. The molecule has 35 heavy (non-hydrogen) atoms. The number of aliphatic hydroxyl groups is 1. The van der Waals surface area contributed by atoms with Crippen molar-refractivity contribution in [2.45, 2.75) is 31.9 Å². The number of nitrogens with zero attached hydrogens (tertiary/aromatic N) is 4. The minimum absolute atomic E-state index is 0.00417. The maximum atomic E-state index is 13.3. The Morgan fingerprint density at radius 3 is 1.86 bits per heavy atom. The summed E-state index contributed by atoms with van der Waals surface area (Å²) in [5, 5.41) is 10.1. The number of terminal acetylenes is 1. The Balaban J connectivity index is 0.000000635. The van der Waals surface area contributed by atoms with Gasteiger partial charge < -0.3 is 59.4 Å². The highest BCUT2D eigenvalue weighted by Gasteiger charge is 2.43. The second kappa shape index (κ2) is 12.4. The fourth-order valence-corrected chi connectivity index (χ4v) is 2.77. The second-order valence-electron chi connectivity index (χ2n) is 6.91. The zero-order valence-corrected chi connectivity index (χ0v) is 20.2. The summed E-state index contributed by atoms with van der Waals surface area (Å²) >= 11 is 0. The smallest absolute Gasteiger partial charge is 0.391 e. The van der Waals surface area contributed by atoms with Gasteiger partial charge in [-0.15, -0.1) is 6.42 Å². The normalized spacial score (nSPS) is 22.0. The average molecular weight is 569 g/mol. The van der Waals surface area contributed by atoms with Crippen LogP contribution in [0.25, 0.3) is 11.2 Å². The predicted octanol–water partition coefficient (Wildman–Crippen LogP) is -1.90. The van der Waals surface area contributed by atoms with Gasteiger partial charge in [0.25, 0.3) is 0 Å². The standard InChI is InChI=1S/C13H14FN5O.3H3O4P/c1-3-13(2)5-7(4-8(13)20)19-6-16-9-10(15)17-12(14)18-11(9)19;3*1-5(2,3)4/h1,6-8,20H,4-5H2,2H3,(H2,15,17,18);3*(H3,1,2,3,4)/t7-,8-,13+;;;/m1.../s1. The lowest BCUT2D eigenvalue weighted by Crippen LogP contribution is -2.23. The van der Waals surface area contributed by atoms with Crippen LogP contribution in [-0.2, 0) is 13.7 Å². The predicted molar refractivity (Wildman–Crippen MR) is 114 cm³/mol. The molecular formula is C13H23FN5O13P3. The fraction of sp³-hybridized carbons (Fsp3) is 0.462. The third-order valence-corrected chi connectivity index (χ3v) is 4.03. The number of fused-ring (bicyclic) bond motifs is 1. The van der Waals surface area contributed by atoms with Gasteiger partial charge >= 0.3 is 29.5 Å². The van der Waals surface area contributed by atoms with Gasteiger partial charge in [-0.25, -0.2) is 18.7 Å². The van der Waals surface area contributed by atoms with Gasteiger partial charge in [0.05, 0.1) is 17.8 Å². The molecule has 18 nitrogen and oxygen atoms in total. The first-order valence-electron chi connectivity index (χ1n) is 8.61. The van der Waals surface area contributed by atoms with Crippen LogP contribution in [-0.4, -0.2) is 74.8 Å². The molecule has 12 N–H and O–H groups in total. The topological polar surface area (TPSA) is 323 Å². The van der Waals surface area contributed by atoms with Crippen LogP contribution in [0.4, 0.5) is 10.2 Å². The number of hydrogen-bond donors (Lipinski definition) is 11. The molecule has 1 saturated carbocycles. The first-order valence-corrected chi connectivity index (χ1v) is 13.3. The van der Waals surface area contributed by atoms with E-state index >= 15 is 0 Å². The highest BCUT2D eigenvalue weighted by atomic mass is 31.2. The monoisotopic (exact) mass is 569 g/mol. The van der Waals surface area contributed by atoms with E-state index in [0.717, 1.165) is 0 Å². The van der Waals surface area contributed by atoms with E-state index in [1.54, 1.807) is 4.57 Å². The van der Waals surface area contributed by atoms with Crippen LogP contribution < -0.4 is 5.73 Å². The number of nitrogens with two attached hydrogens (primary N) is 1. The molecule has 0 spiro atoms. The number of phosphoric acid groups is 3. The minimum atomic E-state index is -4.64. The lowest BCUT2D eigenvalue weighted by Gasteiger charge is -2.20. The van der Waals surface area contributed by atoms with Crippen LogP contribution in [0.2, 0.25) is 0 Å². The number of aliphatic hydroxyl groups excluding tert-OH is 1. The van der Waals surface area contributed by atoms with Crippen LogP contribution in [0.5, 0.6) is 0 Å². The summed E-state index contributed by atoms with van der Waals surface area (Å²) in [6, 6.07) is -0.0928. The molecule has 22 heteroatoms. The number of halogens is 1. The Morgan fingerprint density at radius 1 is 1.06 bits per heavy atom. The molecule has 0 bridgehead atoms. The summed E-state index contributed by atoms with van der Waals surface area (Å²) in [5.74, 6) is 2.64. The van der Waals surface area contributed by atoms with E-state index in [1.165, 1.54) is 6.33 Å². The summed E-state index contributed by atoms with van der Waals surface area (Å²) < 4.78 is 41.7. The van der Waals surface area contributed by atoms with Gasteiger partial charge in [-0.2, -0.15) is 14.4 Å². The van der Waals surface area contributed by atoms with Crippen LogP contribution >= 0.6 is 23.5 Å². The molecule has 0 radical (unpaired) electrons. The molecular weight excluding hydrogens is 546 g/mol. The molecule has 1 fully saturated rings. The van der Waals surface area contributed by atoms with Gasteiger partial charge in [0, 0.05) is 6.04 Å². The number of anilines is 1. The number of imidazole rings is 1. The fourth-order valence-electron chi connectivity index (χ4n) is 2.77. The number of nitrogen functional groups attached to an aromatic ring is 1.